The number of aryl methyl sites for hydroxylation is 2. The number of carbonyl (C=O) groups excluding carboxylic acids is 1. The Balaban J connectivity index is 1.51. The van der Waals surface area contributed by atoms with Crippen LogP contribution in [0.3, 0.4) is 0 Å². The summed E-state index contributed by atoms with van der Waals surface area (Å²) in [5, 5.41) is 7.82. The summed E-state index contributed by atoms with van der Waals surface area (Å²) in [6.07, 6.45) is -0.375. The molecule has 3 heterocycles. The van der Waals surface area contributed by atoms with Crippen LogP contribution in [-0.4, -0.2) is 50.3 Å². The van der Waals surface area contributed by atoms with Crippen molar-refractivity contribution >= 4 is 16.9 Å². The first-order chi connectivity index (χ1) is 12.1. The number of ether oxygens (including phenoxy) is 1. The lowest BCUT2D eigenvalue weighted by Crippen LogP contribution is -2.43. The van der Waals surface area contributed by atoms with Gasteiger partial charge in [-0.15, -0.1) is 10.2 Å². The Hall–Kier alpha value is -2.74. The molecule has 0 radical (unpaired) electrons. The molecule has 1 saturated heterocycles. The number of benzene rings is 1. The SMILES string of the molecule is Cc1nnc([C@@H]2CN(C(=O)Cn3c(C)nc4ccccc43)CCO2)o1. The number of hydrogen-bond donors (Lipinski definition) is 0. The van der Waals surface area contributed by atoms with E-state index in [-0.39, 0.29) is 18.6 Å². The maximum absolute atomic E-state index is 12.8. The van der Waals surface area contributed by atoms with Crippen LogP contribution in [0.15, 0.2) is 28.7 Å². The summed E-state index contributed by atoms with van der Waals surface area (Å²) in [5.74, 6) is 1.75. The molecular formula is C17H19N5O3. The fourth-order valence-electron chi connectivity index (χ4n) is 3.10. The van der Waals surface area contributed by atoms with E-state index in [2.05, 4.69) is 15.2 Å². The van der Waals surface area contributed by atoms with Gasteiger partial charge in [0.25, 0.3) is 0 Å². The minimum Gasteiger partial charge on any atom is -0.423 e. The Morgan fingerprint density at radius 1 is 1.28 bits per heavy atom. The van der Waals surface area contributed by atoms with E-state index in [1.807, 2.05) is 35.8 Å². The van der Waals surface area contributed by atoms with Crippen molar-refractivity contribution < 1.29 is 13.9 Å². The van der Waals surface area contributed by atoms with Gasteiger partial charge < -0.3 is 18.6 Å². The number of hydrogen-bond acceptors (Lipinski definition) is 6. The molecule has 0 saturated carbocycles. The van der Waals surface area contributed by atoms with Gasteiger partial charge in [-0.05, 0) is 19.1 Å². The number of nitrogens with zero attached hydrogens (tertiary/aromatic N) is 5. The number of morpholine rings is 1. The molecule has 2 aromatic heterocycles. The van der Waals surface area contributed by atoms with Crippen LogP contribution in [0.25, 0.3) is 11.0 Å². The molecule has 0 aliphatic carbocycles. The molecule has 0 unspecified atom stereocenters. The van der Waals surface area contributed by atoms with E-state index < -0.39 is 0 Å². The van der Waals surface area contributed by atoms with E-state index >= 15 is 0 Å². The Morgan fingerprint density at radius 2 is 2.12 bits per heavy atom. The predicted octanol–water partition coefficient (Wildman–Crippen LogP) is 1.64. The van der Waals surface area contributed by atoms with Crippen LogP contribution in [0.1, 0.15) is 23.7 Å². The fraction of sp³-hybridized carbons (Fsp3) is 0.412. The molecule has 25 heavy (non-hydrogen) atoms. The average molecular weight is 341 g/mol. The number of amides is 1. The molecule has 130 valence electrons. The van der Waals surface area contributed by atoms with Crippen LogP contribution >= 0.6 is 0 Å². The first kappa shape index (κ1) is 15.8. The molecular weight excluding hydrogens is 322 g/mol. The predicted molar refractivity (Wildman–Crippen MR) is 88.8 cm³/mol. The molecule has 1 fully saturated rings. The maximum atomic E-state index is 12.8. The van der Waals surface area contributed by atoms with E-state index in [0.717, 1.165) is 16.9 Å². The van der Waals surface area contributed by atoms with Gasteiger partial charge in [0.2, 0.25) is 17.7 Å². The standard InChI is InChI=1S/C17H19N5O3/c1-11-18-13-5-3-4-6-14(13)22(11)10-16(23)21-7-8-24-15(9-21)17-20-19-12(2)25-17/h3-6,15H,7-10H2,1-2H3/t15-/m0/s1. The summed E-state index contributed by atoms with van der Waals surface area (Å²) < 4.78 is 13.1. The lowest BCUT2D eigenvalue weighted by Gasteiger charge is -2.31. The van der Waals surface area contributed by atoms with E-state index in [9.17, 15) is 4.79 Å². The van der Waals surface area contributed by atoms with Gasteiger partial charge in [-0.3, -0.25) is 4.79 Å². The van der Waals surface area contributed by atoms with Crippen molar-refractivity contribution in [3.8, 4) is 0 Å². The van der Waals surface area contributed by atoms with E-state index in [4.69, 9.17) is 9.15 Å². The molecule has 1 aliphatic heterocycles. The minimum atomic E-state index is -0.375. The zero-order valence-electron chi connectivity index (χ0n) is 14.2. The number of rotatable bonds is 3. The topological polar surface area (TPSA) is 86.3 Å². The lowest BCUT2D eigenvalue weighted by atomic mass is 10.2. The monoisotopic (exact) mass is 341 g/mol. The van der Waals surface area contributed by atoms with Crippen molar-refractivity contribution in [2.75, 3.05) is 19.7 Å². The molecule has 3 aromatic rings. The van der Waals surface area contributed by atoms with Crippen molar-refractivity contribution in [1.29, 1.82) is 0 Å². The van der Waals surface area contributed by atoms with Crippen molar-refractivity contribution in [1.82, 2.24) is 24.6 Å². The smallest absolute Gasteiger partial charge is 0.246 e. The minimum absolute atomic E-state index is 0.0239. The van der Waals surface area contributed by atoms with Gasteiger partial charge in [-0.2, -0.15) is 0 Å². The molecule has 0 N–H and O–H groups in total. The molecule has 0 bridgehead atoms. The van der Waals surface area contributed by atoms with Crippen LogP contribution in [0.5, 0.6) is 0 Å². The Kier molecular flexibility index (Phi) is 3.96. The second-order valence-corrected chi connectivity index (χ2v) is 6.09. The Labute approximate surface area is 144 Å². The van der Waals surface area contributed by atoms with Gasteiger partial charge in [0, 0.05) is 13.5 Å². The number of carbonyl (C=O) groups is 1. The highest BCUT2D eigenvalue weighted by molar-refractivity contribution is 5.81. The summed E-state index contributed by atoms with van der Waals surface area (Å²) in [4.78, 5) is 19.1. The number of aromatic nitrogens is 4. The van der Waals surface area contributed by atoms with E-state index in [1.54, 1.807) is 11.8 Å². The zero-order valence-corrected chi connectivity index (χ0v) is 14.2. The normalized spacial score (nSPS) is 18.0. The number of imidazole rings is 1. The molecule has 0 spiro atoms. The van der Waals surface area contributed by atoms with Crippen molar-refractivity contribution in [3.05, 3.63) is 41.9 Å². The molecule has 1 atom stereocenters. The molecule has 8 heteroatoms. The number of para-hydroxylation sites is 2. The average Bonchev–Trinajstić information content (AvgIpc) is 3.19. The highest BCUT2D eigenvalue weighted by atomic mass is 16.5. The van der Waals surface area contributed by atoms with Crippen molar-refractivity contribution in [2.24, 2.45) is 0 Å². The molecule has 1 aromatic carbocycles. The van der Waals surface area contributed by atoms with Gasteiger partial charge in [-0.25, -0.2) is 4.98 Å². The summed E-state index contributed by atoms with van der Waals surface area (Å²) >= 11 is 0. The zero-order chi connectivity index (χ0) is 17.4. The van der Waals surface area contributed by atoms with E-state index in [0.29, 0.717) is 31.5 Å². The third kappa shape index (κ3) is 3.00. The van der Waals surface area contributed by atoms with Crippen molar-refractivity contribution in [2.45, 2.75) is 26.5 Å². The van der Waals surface area contributed by atoms with Gasteiger partial charge in [0.15, 0.2) is 6.10 Å². The summed E-state index contributed by atoms with van der Waals surface area (Å²) in [6, 6.07) is 7.82. The third-order valence-electron chi connectivity index (χ3n) is 4.38. The quantitative estimate of drug-likeness (QED) is 0.720. The van der Waals surface area contributed by atoms with Crippen LogP contribution in [0.2, 0.25) is 0 Å². The highest BCUT2D eigenvalue weighted by Crippen LogP contribution is 2.22. The molecule has 4 rings (SSSR count). The van der Waals surface area contributed by atoms with Gasteiger partial charge in [0.1, 0.15) is 12.4 Å². The first-order valence-corrected chi connectivity index (χ1v) is 8.23. The summed E-state index contributed by atoms with van der Waals surface area (Å²) in [6.45, 7) is 5.30. The van der Waals surface area contributed by atoms with Crippen LogP contribution < -0.4 is 0 Å². The summed E-state index contributed by atoms with van der Waals surface area (Å²) in [5.41, 5.74) is 1.86. The Morgan fingerprint density at radius 3 is 2.92 bits per heavy atom. The second kappa shape index (κ2) is 6.29. The van der Waals surface area contributed by atoms with Gasteiger partial charge in [-0.1, -0.05) is 12.1 Å². The molecule has 1 aliphatic rings. The molecule has 1 amide bonds. The Bertz CT molecular complexity index is 916. The van der Waals surface area contributed by atoms with Gasteiger partial charge >= 0.3 is 0 Å². The fourth-order valence-corrected chi connectivity index (χ4v) is 3.10. The first-order valence-electron chi connectivity index (χ1n) is 8.23. The highest BCUT2D eigenvalue weighted by Gasteiger charge is 2.29. The van der Waals surface area contributed by atoms with Crippen molar-refractivity contribution in [3.63, 3.8) is 0 Å². The van der Waals surface area contributed by atoms with Gasteiger partial charge in [0.05, 0.1) is 24.2 Å². The second-order valence-electron chi connectivity index (χ2n) is 6.09. The van der Waals surface area contributed by atoms with E-state index in [1.165, 1.54) is 0 Å². The van der Waals surface area contributed by atoms with Crippen LogP contribution in [0.4, 0.5) is 0 Å². The third-order valence-corrected chi connectivity index (χ3v) is 4.38. The maximum Gasteiger partial charge on any atom is 0.246 e. The lowest BCUT2D eigenvalue weighted by molar-refractivity contribution is -0.140. The molecule has 8 nitrogen and oxygen atoms in total. The summed E-state index contributed by atoms with van der Waals surface area (Å²) in [7, 11) is 0. The van der Waals surface area contributed by atoms with Crippen LogP contribution in [-0.2, 0) is 16.1 Å². The largest absolute Gasteiger partial charge is 0.423 e. The van der Waals surface area contributed by atoms with Crippen LogP contribution in [0, 0.1) is 13.8 Å². The number of fused-ring (bicyclic) bond motifs is 1.